The third-order valence-corrected chi connectivity index (χ3v) is 9.56. The average Bonchev–Trinajstić information content (AvgIpc) is 3.39. The number of carbonyl (C=O) groups is 2. The molecule has 1 aliphatic rings. The van der Waals surface area contributed by atoms with Gasteiger partial charge in [0.25, 0.3) is 0 Å². The van der Waals surface area contributed by atoms with Gasteiger partial charge in [0.1, 0.15) is 18.1 Å². The van der Waals surface area contributed by atoms with Crippen LogP contribution in [0.1, 0.15) is 63.8 Å². The Morgan fingerprint density at radius 3 is 2.34 bits per heavy atom. The third kappa shape index (κ3) is 7.87. The number of aromatic amines is 1. The number of aryl methyl sites for hydroxylation is 1. The van der Waals surface area contributed by atoms with Crippen molar-refractivity contribution in [1.29, 1.82) is 0 Å². The van der Waals surface area contributed by atoms with Gasteiger partial charge in [-0.05, 0) is 48.4 Å². The van der Waals surface area contributed by atoms with E-state index in [0.717, 1.165) is 6.07 Å². The van der Waals surface area contributed by atoms with Crippen LogP contribution in [0, 0.1) is 17.7 Å². The summed E-state index contributed by atoms with van der Waals surface area (Å²) in [6.07, 6.45) is -4.59. The number of amides is 3. The molecule has 1 aliphatic carbocycles. The lowest BCUT2D eigenvalue weighted by Crippen LogP contribution is -2.69. The number of anilines is 1. The number of aromatic nitrogens is 1. The quantitative estimate of drug-likeness (QED) is 0.0765. The number of aliphatic hydroxyl groups excluding tert-OH is 1. The molecule has 0 bridgehead atoms. The molecule has 0 saturated heterocycles. The zero-order valence-electron chi connectivity index (χ0n) is 26.7. The van der Waals surface area contributed by atoms with Gasteiger partial charge in [0.2, 0.25) is 5.91 Å². The number of thiocarbonyl (C=S) groups is 1. The minimum Gasteiger partial charge on any atom is -0.392 e. The monoisotopic (exact) mass is 678 g/mol. The SMILES string of the molecule is CCC(C)[C@H](NC(=O)Nc1ccccc1F)C(=O)N[C@]1(C(O)N[C@H](C(N)=S)C(C)CC)CCc2[nH]c3c(C(F)(F)F)cccc3c2C1. The number of hydrogen-bond donors (Lipinski definition) is 7. The number of alkyl halides is 3. The first-order valence-electron chi connectivity index (χ1n) is 15.7. The van der Waals surface area contributed by atoms with Gasteiger partial charge in [0.15, 0.2) is 0 Å². The van der Waals surface area contributed by atoms with Gasteiger partial charge < -0.3 is 31.8 Å². The van der Waals surface area contributed by atoms with Crippen molar-refractivity contribution < 1.29 is 32.3 Å². The molecule has 0 fully saturated rings. The van der Waals surface area contributed by atoms with E-state index in [1.807, 2.05) is 20.8 Å². The van der Waals surface area contributed by atoms with Crippen LogP contribution in [-0.4, -0.2) is 50.9 Å². The van der Waals surface area contributed by atoms with Crippen LogP contribution in [0.4, 0.5) is 28.0 Å². The standard InChI is InChI=1S/C33H42F4N6O3S/c1-5-17(3)25(28(38)47)41-30(45)32(15-14-23-20(16-32)19-10-9-11-21(27(19)39-23)33(35,36)37)43-29(44)26(18(4)6-2)42-31(46)40-24-13-8-7-12-22(24)34/h7-13,17-18,25-26,30,39,41,45H,5-6,14-16H2,1-4H3,(H2,38,47)(H,43,44)(H2,40,42,46)/t17?,18?,25-,26-,30?,32+/m0/s1. The van der Waals surface area contributed by atoms with Crippen LogP contribution in [0.5, 0.6) is 0 Å². The number of benzene rings is 2. The minimum atomic E-state index is -4.60. The molecule has 3 unspecified atom stereocenters. The zero-order chi connectivity index (χ0) is 34.7. The van der Waals surface area contributed by atoms with E-state index in [9.17, 15) is 32.3 Å². The molecule has 3 aromatic rings. The lowest BCUT2D eigenvalue weighted by molar-refractivity contribution is -0.136. The van der Waals surface area contributed by atoms with Gasteiger partial charge in [0, 0.05) is 17.5 Å². The largest absolute Gasteiger partial charge is 0.418 e. The fourth-order valence-corrected chi connectivity index (χ4v) is 6.42. The molecule has 1 heterocycles. The summed E-state index contributed by atoms with van der Waals surface area (Å²) in [6.45, 7) is 7.44. The molecule has 14 heteroatoms. The molecule has 0 radical (unpaired) electrons. The number of H-pyrrole nitrogens is 1. The topological polar surface area (TPSA) is 144 Å². The smallest absolute Gasteiger partial charge is 0.392 e. The van der Waals surface area contributed by atoms with Crippen molar-refractivity contribution in [3.05, 3.63) is 65.1 Å². The summed E-state index contributed by atoms with van der Waals surface area (Å²) in [5.74, 6) is -1.76. The number of rotatable bonds is 12. The predicted molar refractivity (Wildman–Crippen MR) is 177 cm³/mol. The van der Waals surface area contributed by atoms with E-state index < -0.39 is 59.3 Å². The number of nitrogens with two attached hydrogens (primary N) is 1. The Balaban J connectivity index is 1.72. The van der Waals surface area contributed by atoms with Gasteiger partial charge in [-0.15, -0.1) is 0 Å². The van der Waals surface area contributed by atoms with Crippen molar-refractivity contribution >= 4 is 45.7 Å². The minimum absolute atomic E-state index is 0.0389. The molecule has 4 rings (SSSR count). The second-order valence-electron chi connectivity index (χ2n) is 12.4. The Morgan fingerprint density at radius 2 is 1.72 bits per heavy atom. The Hall–Kier alpha value is -3.75. The highest BCUT2D eigenvalue weighted by Crippen LogP contribution is 2.40. The molecule has 9 nitrogen and oxygen atoms in total. The van der Waals surface area contributed by atoms with Crippen LogP contribution in [0.3, 0.4) is 0 Å². The first-order chi connectivity index (χ1) is 22.1. The van der Waals surface area contributed by atoms with Gasteiger partial charge in [0.05, 0.1) is 33.3 Å². The predicted octanol–water partition coefficient (Wildman–Crippen LogP) is 5.51. The third-order valence-electron chi connectivity index (χ3n) is 9.31. The van der Waals surface area contributed by atoms with Gasteiger partial charge >= 0.3 is 12.2 Å². The number of carbonyl (C=O) groups excluding carboxylic acids is 2. The Labute approximate surface area is 276 Å². The fraction of sp³-hybridized carbons (Fsp3) is 0.485. The molecule has 0 aliphatic heterocycles. The number of fused-ring (bicyclic) bond motifs is 3. The molecule has 6 atom stereocenters. The van der Waals surface area contributed by atoms with E-state index in [1.54, 1.807) is 19.1 Å². The Kier molecular flexibility index (Phi) is 11.2. The molecule has 0 saturated carbocycles. The molecule has 47 heavy (non-hydrogen) atoms. The van der Waals surface area contributed by atoms with E-state index in [4.69, 9.17) is 18.0 Å². The molecular formula is C33H42F4N6O3S. The summed E-state index contributed by atoms with van der Waals surface area (Å²) in [5.41, 5.74) is 4.73. The lowest BCUT2D eigenvalue weighted by atomic mass is 9.77. The number of nitrogens with one attached hydrogen (secondary N) is 5. The van der Waals surface area contributed by atoms with Crippen LogP contribution in [0.15, 0.2) is 42.5 Å². The van der Waals surface area contributed by atoms with Crippen LogP contribution in [0.2, 0.25) is 0 Å². The molecule has 256 valence electrons. The maximum Gasteiger partial charge on any atom is 0.418 e. The number of hydrogen-bond acceptors (Lipinski definition) is 5. The Morgan fingerprint density at radius 1 is 1.06 bits per heavy atom. The lowest BCUT2D eigenvalue weighted by Gasteiger charge is -2.44. The van der Waals surface area contributed by atoms with E-state index >= 15 is 0 Å². The number of para-hydroxylation sites is 2. The number of urea groups is 1. The summed E-state index contributed by atoms with van der Waals surface area (Å²) >= 11 is 5.29. The first-order valence-corrected chi connectivity index (χ1v) is 16.1. The highest BCUT2D eigenvalue weighted by molar-refractivity contribution is 7.80. The summed E-state index contributed by atoms with van der Waals surface area (Å²) in [6, 6.07) is 6.96. The van der Waals surface area contributed by atoms with Gasteiger partial charge in [-0.25, -0.2) is 9.18 Å². The highest BCUT2D eigenvalue weighted by Gasteiger charge is 2.46. The number of aliphatic hydroxyl groups is 1. The maximum atomic E-state index is 14.2. The van der Waals surface area contributed by atoms with Crippen molar-refractivity contribution in [3.8, 4) is 0 Å². The molecule has 3 amide bonds. The Bertz CT molecular complexity index is 1610. The first kappa shape index (κ1) is 36.1. The van der Waals surface area contributed by atoms with E-state index in [2.05, 4.69) is 26.3 Å². The van der Waals surface area contributed by atoms with Gasteiger partial charge in [-0.2, -0.15) is 13.2 Å². The maximum absolute atomic E-state index is 14.2. The van der Waals surface area contributed by atoms with Crippen LogP contribution >= 0.6 is 12.2 Å². The summed E-state index contributed by atoms with van der Waals surface area (Å²) < 4.78 is 56.0. The molecule has 1 aromatic heterocycles. The fourth-order valence-electron chi connectivity index (χ4n) is 6.12. The van der Waals surface area contributed by atoms with Crippen molar-refractivity contribution in [2.24, 2.45) is 17.6 Å². The molecule has 2 aromatic carbocycles. The second-order valence-corrected chi connectivity index (χ2v) is 12.9. The average molecular weight is 679 g/mol. The van der Waals surface area contributed by atoms with E-state index in [-0.39, 0.29) is 41.4 Å². The van der Waals surface area contributed by atoms with E-state index in [0.29, 0.717) is 29.5 Å². The number of halogens is 4. The van der Waals surface area contributed by atoms with Crippen LogP contribution in [-0.2, 0) is 23.8 Å². The molecular weight excluding hydrogens is 636 g/mol. The summed E-state index contributed by atoms with van der Waals surface area (Å²) in [4.78, 5) is 30.1. The normalized spacial score (nSPS) is 19.6. The van der Waals surface area contributed by atoms with Gasteiger partial charge in [-0.3, -0.25) is 10.1 Å². The van der Waals surface area contributed by atoms with Crippen molar-refractivity contribution in [3.63, 3.8) is 0 Å². The van der Waals surface area contributed by atoms with Crippen LogP contribution in [0.25, 0.3) is 10.9 Å². The zero-order valence-corrected chi connectivity index (χ0v) is 27.5. The van der Waals surface area contributed by atoms with Gasteiger partial charge in [-0.1, -0.05) is 77.0 Å². The summed E-state index contributed by atoms with van der Waals surface area (Å²) in [5, 5.41) is 23.3. The van der Waals surface area contributed by atoms with Crippen LogP contribution < -0.4 is 27.0 Å². The van der Waals surface area contributed by atoms with E-state index in [1.165, 1.54) is 24.3 Å². The molecule has 8 N–H and O–H groups in total. The second kappa shape index (κ2) is 14.6. The van der Waals surface area contributed by atoms with Crippen molar-refractivity contribution in [2.75, 3.05) is 5.32 Å². The molecule has 0 spiro atoms. The van der Waals surface area contributed by atoms with Crippen molar-refractivity contribution in [2.45, 2.75) is 89.8 Å². The highest BCUT2D eigenvalue weighted by atomic mass is 32.1. The van der Waals surface area contributed by atoms with Crippen molar-refractivity contribution in [1.82, 2.24) is 20.9 Å². The summed E-state index contributed by atoms with van der Waals surface area (Å²) in [7, 11) is 0.